The Hall–Kier alpha value is -0.790. The minimum atomic E-state index is -0.259. The van der Waals surface area contributed by atoms with Crippen LogP contribution in [-0.2, 0) is 4.79 Å². The highest BCUT2D eigenvalue weighted by Gasteiger charge is 2.31. The molecule has 0 aromatic rings. The zero-order valence-electron chi connectivity index (χ0n) is 13.0. The highest BCUT2D eigenvalue weighted by atomic mass is 16.3. The van der Waals surface area contributed by atoms with Gasteiger partial charge in [0.2, 0.25) is 0 Å². The summed E-state index contributed by atoms with van der Waals surface area (Å²) in [4.78, 5) is 12.2. The maximum Gasteiger partial charge on any atom is 0.162 e. The summed E-state index contributed by atoms with van der Waals surface area (Å²) in [6, 6.07) is 0. The lowest BCUT2D eigenvalue weighted by molar-refractivity contribution is -0.118. The van der Waals surface area contributed by atoms with Crippen molar-refractivity contribution >= 4 is 5.78 Å². The number of aliphatic hydroxyl groups is 1. The molecule has 1 N–H and O–H groups in total. The first-order chi connectivity index (χ1) is 8.90. The van der Waals surface area contributed by atoms with E-state index < -0.39 is 0 Å². The molecular weight excluding hydrogens is 236 g/mol. The number of rotatable bonds is 8. The van der Waals surface area contributed by atoms with E-state index in [-0.39, 0.29) is 22.9 Å². The van der Waals surface area contributed by atoms with E-state index in [1.54, 1.807) is 0 Å². The third-order valence-corrected chi connectivity index (χ3v) is 4.53. The second kappa shape index (κ2) is 7.12. The van der Waals surface area contributed by atoms with Gasteiger partial charge >= 0.3 is 0 Å². The SMILES string of the molecule is CCCC(CC)C(=O)C=C(O)C(C)(C)CC1CCC1. The van der Waals surface area contributed by atoms with Crippen molar-refractivity contribution < 1.29 is 9.90 Å². The molecule has 110 valence electrons. The smallest absolute Gasteiger partial charge is 0.162 e. The molecule has 0 saturated heterocycles. The summed E-state index contributed by atoms with van der Waals surface area (Å²) in [5, 5.41) is 10.3. The highest BCUT2D eigenvalue weighted by Crippen LogP contribution is 2.40. The summed E-state index contributed by atoms with van der Waals surface area (Å²) >= 11 is 0. The van der Waals surface area contributed by atoms with Crippen LogP contribution >= 0.6 is 0 Å². The van der Waals surface area contributed by atoms with Crippen LogP contribution < -0.4 is 0 Å². The number of carbonyl (C=O) groups excluding carboxylic acids is 1. The number of allylic oxidation sites excluding steroid dienone is 2. The summed E-state index contributed by atoms with van der Waals surface area (Å²) in [5.74, 6) is 1.19. The molecule has 1 aliphatic rings. The Balaban J connectivity index is 2.64. The van der Waals surface area contributed by atoms with Crippen molar-refractivity contribution in [2.24, 2.45) is 17.3 Å². The van der Waals surface area contributed by atoms with Gasteiger partial charge in [-0.25, -0.2) is 0 Å². The summed E-state index contributed by atoms with van der Waals surface area (Å²) in [6.45, 7) is 8.24. The van der Waals surface area contributed by atoms with Gasteiger partial charge in [0, 0.05) is 17.4 Å². The van der Waals surface area contributed by atoms with Crippen LogP contribution in [0.4, 0.5) is 0 Å². The normalized spacial score (nSPS) is 19.1. The van der Waals surface area contributed by atoms with Crippen molar-refractivity contribution in [1.29, 1.82) is 0 Å². The quantitative estimate of drug-likeness (QED) is 0.493. The molecule has 1 atom stereocenters. The first-order valence-electron chi connectivity index (χ1n) is 7.85. The van der Waals surface area contributed by atoms with E-state index >= 15 is 0 Å². The second-order valence-electron chi connectivity index (χ2n) is 6.71. The zero-order chi connectivity index (χ0) is 14.5. The van der Waals surface area contributed by atoms with Crippen LogP contribution in [0.3, 0.4) is 0 Å². The van der Waals surface area contributed by atoms with E-state index in [4.69, 9.17) is 0 Å². The number of hydrogen-bond donors (Lipinski definition) is 1. The summed E-state index contributed by atoms with van der Waals surface area (Å²) in [6.07, 6.45) is 9.16. The van der Waals surface area contributed by atoms with Crippen molar-refractivity contribution in [3.05, 3.63) is 11.8 Å². The predicted octanol–water partition coefficient (Wildman–Crippen LogP) is 5.04. The maximum atomic E-state index is 12.2. The Morgan fingerprint density at radius 1 is 1.37 bits per heavy atom. The van der Waals surface area contributed by atoms with Gasteiger partial charge in [0.05, 0.1) is 0 Å². The standard InChI is InChI=1S/C17H30O2/c1-5-8-14(6-2)15(18)11-16(19)17(3,4)12-13-9-7-10-13/h11,13-14,19H,5-10,12H2,1-4H3. The molecule has 2 heteroatoms. The molecule has 19 heavy (non-hydrogen) atoms. The Labute approximate surface area is 118 Å². The van der Waals surface area contributed by atoms with E-state index in [1.165, 1.54) is 25.3 Å². The molecule has 1 fully saturated rings. The number of aliphatic hydroxyl groups excluding tert-OH is 1. The van der Waals surface area contributed by atoms with Gasteiger partial charge in [-0.2, -0.15) is 0 Å². The van der Waals surface area contributed by atoms with E-state index in [1.807, 2.05) is 20.8 Å². The summed E-state index contributed by atoms with van der Waals surface area (Å²) in [7, 11) is 0. The van der Waals surface area contributed by atoms with Crippen LogP contribution in [0.2, 0.25) is 0 Å². The van der Waals surface area contributed by atoms with Crippen LogP contribution in [0.1, 0.15) is 72.6 Å². The average Bonchev–Trinajstić information content (AvgIpc) is 2.30. The van der Waals surface area contributed by atoms with Crippen LogP contribution in [0.25, 0.3) is 0 Å². The monoisotopic (exact) mass is 266 g/mol. The zero-order valence-corrected chi connectivity index (χ0v) is 13.0. The molecule has 0 aromatic heterocycles. The highest BCUT2D eigenvalue weighted by molar-refractivity contribution is 5.92. The van der Waals surface area contributed by atoms with E-state index in [2.05, 4.69) is 6.92 Å². The van der Waals surface area contributed by atoms with Gasteiger partial charge in [-0.05, 0) is 25.2 Å². The molecule has 0 aliphatic heterocycles. The topological polar surface area (TPSA) is 37.3 Å². The molecule has 1 saturated carbocycles. The largest absolute Gasteiger partial charge is 0.512 e. The van der Waals surface area contributed by atoms with E-state index in [0.29, 0.717) is 0 Å². The fourth-order valence-corrected chi connectivity index (χ4v) is 2.87. The van der Waals surface area contributed by atoms with Gasteiger partial charge in [0.15, 0.2) is 5.78 Å². The molecule has 1 unspecified atom stereocenters. The fourth-order valence-electron chi connectivity index (χ4n) is 2.87. The minimum absolute atomic E-state index is 0.0756. The van der Waals surface area contributed by atoms with Gasteiger partial charge < -0.3 is 5.11 Å². The predicted molar refractivity (Wildman–Crippen MR) is 80.1 cm³/mol. The fraction of sp³-hybridized carbons (Fsp3) is 0.824. The molecule has 0 heterocycles. The molecule has 0 bridgehead atoms. The van der Waals surface area contributed by atoms with Crippen molar-refractivity contribution in [3.63, 3.8) is 0 Å². The van der Waals surface area contributed by atoms with Gasteiger partial charge in [0.1, 0.15) is 5.76 Å². The van der Waals surface area contributed by atoms with E-state index in [0.717, 1.165) is 31.6 Å². The first-order valence-corrected chi connectivity index (χ1v) is 7.85. The number of carbonyl (C=O) groups is 1. The lowest BCUT2D eigenvalue weighted by Gasteiger charge is -2.34. The molecule has 0 radical (unpaired) electrons. The molecule has 2 nitrogen and oxygen atoms in total. The van der Waals surface area contributed by atoms with Crippen molar-refractivity contribution in [3.8, 4) is 0 Å². The Morgan fingerprint density at radius 3 is 2.42 bits per heavy atom. The van der Waals surface area contributed by atoms with Crippen LogP contribution in [-0.4, -0.2) is 10.9 Å². The van der Waals surface area contributed by atoms with Crippen LogP contribution in [0, 0.1) is 17.3 Å². The molecule has 0 amide bonds. The first kappa shape index (κ1) is 16.3. The Morgan fingerprint density at radius 2 is 2.00 bits per heavy atom. The average molecular weight is 266 g/mol. The summed E-state index contributed by atoms with van der Waals surface area (Å²) in [5.41, 5.74) is -0.259. The Bertz CT molecular complexity index is 324. The molecule has 0 spiro atoms. The van der Waals surface area contributed by atoms with Crippen molar-refractivity contribution in [1.82, 2.24) is 0 Å². The third-order valence-electron chi connectivity index (χ3n) is 4.53. The van der Waals surface area contributed by atoms with Gasteiger partial charge in [0.25, 0.3) is 0 Å². The van der Waals surface area contributed by atoms with Gasteiger partial charge in [-0.15, -0.1) is 0 Å². The molecule has 1 rings (SSSR count). The van der Waals surface area contributed by atoms with Crippen molar-refractivity contribution in [2.75, 3.05) is 0 Å². The van der Waals surface area contributed by atoms with Crippen LogP contribution in [0.5, 0.6) is 0 Å². The lowest BCUT2D eigenvalue weighted by atomic mass is 9.72. The summed E-state index contributed by atoms with van der Waals surface area (Å²) < 4.78 is 0. The lowest BCUT2D eigenvalue weighted by Crippen LogP contribution is -2.24. The van der Waals surface area contributed by atoms with Crippen molar-refractivity contribution in [2.45, 2.75) is 72.6 Å². The minimum Gasteiger partial charge on any atom is -0.512 e. The maximum absolute atomic E-state index is 12.2. The molecule has 1 aliphatic carbocycles. The second-order valence-corrected chi connectivity index (χ2v) is 6.71. The van der Waals surface area contributed by atoms with Crippen LogP contribution in [0.15, 0.2) is 11.8 Å². The molecule has 0 aromatic carbocycles. The number of ketones is 1. The van der Waals surface area contributed by atoms with Gasteiger partial charge in [-0.3, -0.25) is 4.79 Å². The Kier molecular flexibility index (Phi) is 6.09. The number of hydrogen-bond acceptors (Lipinski definition) is 2. The van der Waals surface area contributed by atoms with E-state index in [9.17, 15) is 9.90 Å². The van der Waals surface area contributed by atoms with Gasteiger partial charge in [-0.1, -0.05) is 53.4 Å². The molecular formula is C17H30O2. The third kappa shape index (κ3) is 4.67.